The molecule has 17 heavy (non-hydrogen) atoms. The number of rotatable bonds is 4. The van der Waals surface area contributed by atoms with Crippen molar-refractivity contribution >= 4 is 11.9 Å². The van der Waals surface area contributed by atoms with Gasteiger partial charge in [-0.1, -0.05) is 30.3 Å². The van der Waals surface area contributed by atoms with Gasteiger partial charge < -0.3 is 10.2 Å². The van der Waals surface area contributed by atoms with Crippen molar-refractivity contribution in [3.8, 4) is 0 Å². The molecule has 3 N–H and O–H groups in total. The number of carbonyl (C=O) groups is 2. The quantitative estimate of drug-likeness (QED) is 0.638. The molecule has 1 aromatic rings. The van der Waals surface area contributed by atoms with E-state index in [1.165, 1.54) is 7.05 Å². The number of urea groups is 1. The number of carbonyl (C=O) groups excluding carboxylic acids is 2. The highest BCUT2D eigenvalue weighted by Gasteiger charge is 2.12. The molecule has 5 heteroatoms. The second-order valence-corrected chi connectivity index (χ2v) is 3.92. The summed E-state index contributed by atoms with van der Waals surface area (Å²) in [4.78, 5) is 23.4. The summed E-state index contributed by atoms with van der Waals surface area (Å²) in [5, 5.41) is 4.58. The maximum atomic E-state index is 11.4. The van der Waals surface area contributed by atoms with E-state index in [-0.39, 0.29) is 12.5 Å². The molecule has 0 radical (unpaired) electrons. The summed E-state index contributed by atoms with van der Waals surface area (Å²) < 4.78 is 0. The molecule has 0 heterocycles. The van der Waals surface area contributed by atoms with Crippen LogP contribution < -0.4 is 15.5 Å². The maximum absolute atomic E-state index is 11.4. The third-order valence-corrected chi connectivity index (χ3v) is 2.29. The highest BCUT2D eigenvalue weighted by Crippen LogP contribution is 1.94. The van der Waals surface area contributed by atoms with Crippen molar-refractivity contribution in [2.75, 3.05) is 20.6 Å². The number of nitrogens with one attached hydrogen (secondary N) is 3. The second-order valence-electron chi connectivity index (χ2n) is 3.92. The van der Waals surface area contributed by atoms with Crippen LogP contribution in [0, 0.1) is 0 Å². The first-order valence-corrected chi connectivity index (χ1v) is 5.48. The molecular weight excluding hydrogens is 218 g/mol. The van der Waals surface area contributed by atoms with E-state index in [1.54, 1.807) is 0 Å². The number of hydrogen-bond acceptors (Lipinski definition) is 2. The van der Waals surface area contributed by atoms with Gasteiger partial charge >= 0.3 is 6.03 Å². The van der Waals surface area contributed by atoms with Crippen molar-refractivity contribution in [2.45, 2.75) is 6.54 Å². The summed E-state index contributed by atoms with van der Waals surface area (Å²) in [6.07, 6.45) is 0. The summed E-state index contributed by atoms with van der Waals surface area (Å²) in [5.41, 5.74) is 1.16. The number of hydrogen-bond donors (Lipinski definition) is 3. The third-order valence-electron chi connectivity index (χ3n) is 2.29. The van der Waals surface area contributed by atoms with Crippen molar-refractivity contribution in [1.29, 1.82) is 0 Å². The molecule has 0 saturated carbocycles. The number of imide groups is 1. The molecule has 5 nitrogen and oxygen atoms in total. The van der Waals surface area contributed by atoms with Crippen molar-refractivity contribution < 1.29 is 14.5 Å². The van der Waals surface area contributed by atoms with E-state index < -0.39 is 6.03 Å². The normalized spacial score (nSPS) is 11.6. The van der Waals surface area contributed by atoms with Gasteiger partial charge in [0.1, 0.15) is 6.54 Å². The van der Waals surface area contributed by atoms with Crippen molar-refractivity contribution in [2.24, 2.45) is 0 Å². The van der Waals surface area contributed by atoms with Gasteiger partial charge in [-0.25, -0.2) is 4.79 Å². The smallest absolute Gasteiger partial charge is 0.321 e. The molecule has 0 fully saturated rings. The van der Waals surface area contributed by atoms with Crippen LogP contribution in [0.3, 0.4) is 0 Å². The Morgan fingerprint density at radius 3 is 2.47 bits per heavy atom. The average Bonchev–Trinajstić information content (AvgIpc) is 2.29. The maximum Gasteiger partial charge on any atom is 0.321 e. The molecule has 3 amide bonds. The standard InChI is InChI=1S/C12H17N3O2/c1-13-12(17)14-11(16)9-15(2)8-10-6-4-3-5-7-10/h3-7H,8-9H2,1-2H3,(H2,13,14,16,17)/p+1. The Morgan fingerprint density at radius 1 is 1.24 bits per heavy atom. The first-order valence-electron chi connectivity index (χ1n) is 5.48. The Kier molecular flexibility index (Phi) is 5.16. The van der Waals surface area contributed by atoms with Gasteiger partial charge in [0.05, 0.1) is 7.05 Å². The predicted molar refractivity (Wildman–Crippen MR) is 64.5 cm³/mol. The Morgan fingerprint density at radius 2 is 1.88 bits per heavy atom. The van der Waals surface area contributed by atoms with E-state index in [1.807, 2.05) is 37.4 Å². The van der Waals surface area contributed by atoms with E-state index in [2.05, 4.69) is 10.6 Å². The fourth-order valence-corrected chi connectivity index (χ4v) is 1.51. The lowest BCUT2D eigenvalue weighted by Crippen LogP contribution is -3.09. The molecule has 0 aliphatic rings. The molecule has 1 atom stereocenters. The van der Waals surface area contributed by atoms with Crippen LogP contribution in [0.2, 0.25) is 0 Å². The minimum atomic E-state index is -0.470. The van der Waals surface area contributed by atoms with Gasteiger partial charge in [0, 0.05) is 12.6 Å². The lowest BCUT2D eigenvalue weighted by molar-refractivity contribution is -0.885. The molecule has 0 spiro atoms. The van der Waals surface area contributed by atoms with Crippen molar-refractivity contribution in [1.82, 2.24) is 10.6 Å². The van der Waals surface area contributed by atoms with Gasteiger partial charge in [-0.3, -0.25) is 10.1 Å². The van der Waals surface area contributed by atoms with Crippen LogP contribution in [0.5, 0.6) is 0 Å². The van der Waals surface area contributed by atoms with Gasteiger partial charge in [0.25, 0.3) is 5.91 Å². The molecule has 1 aromatic carbocycles. The molecule has 92 valence electrons. The first-order chi connectivity index (χ1) is 8.11. The highest BCUT2D eigenvalue weighted by atomic mass is 16.2. The molecular formula is C12H18N3O2+. The van der Waals surface area contributed by atoms with E-state index >= 15 is 0 Å². The topological polar surface area (TPSA) is 62.6 Å². The zero-order chi connectivity index (χ0) is 12.7. The van der Waals surface area contributed by atoms with E-state index in [0.29, 0.717) is 0 Å². The fourth-order valence-electron chi connectivity index (χ4n) is 1.51. The largest absolute Gasteiger partial charge is 0.341 e. The van der Waals surface area contributed by atoms with Gasteiger partial charge in [0.2, 0.25) is 0 Å². The Balaban J connectivity index is 2.37. The average molecular weight is 236 g/mol. The van der Waals surface area contributed by atoms with E-state index in [0.717, 1.165) is 17.0 Å². The van der Waals surface area contributed by atoms with Crippen LogP contribution in [0.25, 0.3) is 0 Å². The highest BCUT2D eigenvalue weighted by molar-refractivity contribution is 5.94. The summed E-state index contributed by atoms with van der Waals surface area (Å²) in [6, 6.07) is 9.44. The summed E-state index contributed by atoms with van der Waals surface area (Å²) in [6.45, 7) is 1.02. The SMILES string of the molecule is CNC(=O)NC(=O)C[NH+](C)Cc1ccccc1. The number of benzene rings is 1. The Labute approximate surface area is 101 Å². The van der Waals surface area contributed by atoms with Crippen LogP contribution in [0.4, 0.5) is 4.79 Å². The molecule has 0 aliphatic carbocycles. The van der Waals surface area contributed by atoms with Gasteiger partial charge in [0.15, 0.2) is 6.54 Å². The first kappa shape index (κ1) is 13.2. The third kappa shape index (κ3) is 5.12. The lowest BCUT2D eigenvalue weighted by atomic mass is 10.2. The number of amides is 3. The van der Waals surface area contributed by atoms with E-state index in [9.17, 15) is 9.59 Å². The van der Waals surface area contributed by atoms with Crippen molar-refractivity contribution in [3.05, 3.63) is 35.9 Å². The molecule has 0 bridgehead atoms. The summed E-state index contributed by atoms with van der Waals surface area (Å²) in [5.74, 6) is -0.280. The molecule has 0 aliphatic heterocycles. The molecule has 0 saturated heterocycles. The molecule has 1 unspecified atom stereocenters. The Hall–Kier alpha value is -1.88. The van der Waals surface area contributed by atoms with Crippen LogP contribution >= 0.6 is 0 Å². The monoisotopic (exact) mass is 236 g/mol. The lowest BCUT2D eigenvalue weighted by Gasteiger charge is -2.13. The zero-order valence-corrected chi connectivity index (χ0v) is 10.1. The number of likely N-dealkylation sites (N-methyl/N-ethyl adjacent to an activating group) is 1. The van der Waals surface area contributed by atoms with Gasteiger partial charge in [-0.2, -0.15) is 0 Å². The predicted octanol–water partition coefficient (Wildman–Crippen LogP) is -0.843. The van der Waals surface area contributed by atoms with Crippen LogP contribution in [0.15, 0.2) is 30.3 Å². The van der Waals surface area contributed by atoms with Gasteiger partial charge in [-0.05, 0) is 0 Å². The van der Waals surface area contributed by atoms with Crippen LogP contribution in [-0.4, -0.2) is 32.6 Å². The van der Waals surface area contributed by atoms with Gasteiger partial charge in [-0.15, -0.1) is 0 Å². The Bertz CT molecular complexity index is 379. The summed E-state index contributed by atoms with van der Waals surface area (Å²) >= 11 is 0. The number of quaternary nitrogens is 1. The second kappa shape index (κ2) is 6.65. The molecule has 1 rings (SSSR count). The minimum Gasteiger partial charge on any atom is -0.341 e. The van der Waals surface area contributed by atoms with Crippen LogP contribution in [-0.2, 0) is 11.3 Å². The zero-order valence-electron chi connectivity index (χ0n) is 10.1. The fraction of sp³-hybridized carbons (Fsp3) is 0.333. The van der Waals surface area contributed by atoms with Crippen LogP contribution in [0.1, 0.15) is 5.56 Å². The minimum absolute atomic E-state index is 0.266. The molecule has 0 aromatic heterocycles. The van der Waals surface area contributed by atoms with E-state index in [4.69, 9.17) is 0 Å². The van der Waals surface area contributed by atoms with Crippen molar-refractivity contribution in [3.63, 3.8) is 0 Å². The summed E-state index contributed by atoms with van der Waals surface area (Å²) in [7, 11) is 3.39.